The Morgan fingerprint density at radius 1 is 0.383 bits per heavy atom. The maximum atomic E-state index is 13.1. The summed E-state index contributed by atoms with van der Waals surface area (Å²) in [7, 11) is 0. The molecule has 2 rings (SSSR count). The lowest BCUT2D eigenvalue weighted by atomic mass is 9.98. The third-order valence-corrected chi connectivity index (χ3v) is 16.5. The lowest BCUT2D eigenvalue weighted by Crippen LogP contribution is -2.61. The van der Waals surface area contributed by atoms with Crippen LogP contribution in [-0.2, 0) is 38.0 Å². The third-order valence-electron chi connectivity index (χ3n) is 16.5. The fourth-order valence-corrected chi connectivity index (χ4v) is 11.0. The molecule has 0 spiro atoms. The van der Waals surface area contributed by atoms with E-state index in [1.165, 1.54) is 225 Å². The van der Waals surface area contributed by atoms with Crippen LogP contribution in [0.15, 0.2) is 12.2 Å². The molecule has 0 aliphatic carbocycles. The predicted octanol–water partition coefficient (Wildman–Crippen LogP) is 13.2. The van der Waals surface area contributed by atoms with Gasteiger partial charge in [-0.1, -0.05) is 264 Å². The van der Waals surface area contributed by atoms with Crippen molar-refractivity contribution in [2.24, 2.45) is 0 Å². The molecule has 15 heteroatoms. The highest BCUT2D eigenvalue weighted by molar-refractivity contribution is 5.70. The summed E-state index contributed by atoms with van der Waals surface area (Å²) in [5.41, 5.74) is 0. The largest absolute Gasteiger partial charge is 0.462 e. The highest BCUT2D eigenvalue weighted by Gasteiger charge is 2.47. The fourth-order valence-electron chi connectivity index (χ4n) is 11.0. The average molecular weight is 1160 g/mol. The fraction of sp³-hybridized carbons (Fsp3) is 0.939. The number of aliphatic hydroxyl groups excluding tert-OH is 7. The zero-order chi connectivity index (χ0) is 58.8. The number of hydrogen-bond acceptors (Lipinski definition) is 15. The number of hydrogen-bond donors (Lipinski definition) is 7. The molecule has 15 nitrogen and oxygen atoms in total. The summed E-state index contributed by atoms with van der Waals surface area (Å²) in [5.74, 6) is -0.906. The number of aliphatic hydroxyl groups is 7. The van der Waals surface area contributed by atoms with Crippen molar-refractivity contribution >= 4 is 11.9 Å². The molecule has 11 atom stereocenters. The molecule has 2 aliphatic rings. The number of ether oxygens (including phenoxy) is 6. The van der Waals surface area contributed by atoms with E-state index in [0.717, 1.165) is 38.5 Å². The van der Waals surface area contributed by atoms with Crippen molar-refractivity contribution in [3.05, 3.63) is 12.2 Å². The molecule has 0 aromatic rings. The van der Waals surface area contributed by atoms with Crippen LogP contribution in [-0.4, -0.2) is 142 Å². The molecule has 0 aromatic heterocycles. The standard InChI is InChI=1S/C66H124O15/c1-3-5-7-9-11-13-15-17-19-21-23-25-26-27-29-30-32-34-36-38-40-42-44-46-48-57(68)76-51-54(52-77-65-64(75)62(73)60(71)56(81-65)53-78-66-63(74)61(72)59(70)55(50-67)80-66)79-58(69)49-47-45-43-41-39-37-35-33-31-28-24-22-20-18-16-14-12-10-8-6-4-2/h22,24,54-56,59-67,70-75H,3-21,23,25-53H2,1-2H3/b24-22-. The van der Waals surface area contributed by atoms with Gasteiger partial charge in [-0.2, -0.15) is 0 Å². The quantitative estimate of drug-likeness (QED) is 0.0171. The van der Waals surface area contributed by atoms with Crippen LogP contribution in [0.1, 0.15) is 303 Å². The number of carbonyl (C=O) groups is 2. The van der Waals surface area contributed by atoms with E-state index in [4.69, 9.17) is 28.4 Å². The summed E-state index contributed by atoms with van der Waals surface area (Å²) in [6.45, 7) is 2.67. The minimum atomic E-state index is -1.76. The van der Waals surface area contributed by atoms with Gasteiger partial charge >= 0.3 is 11.9 Å². The van der Waals surface area contributed by atoms with Gasteiger partial charge in [0.05, 0.1) is 19.8 Å². The van der Waals surface area contributed by atoms with E-state index in [1.807, 2.05) is 0 Å². The summed E-state index contributed by atoms with van der Waals surface area (Å²) in [4.78, 5) is 26.0. The third kappa shape index (κ3) is 38.8. The van der Waals surface area contributed by atoms with Crippen LogP contribution in [0, 0.1) is 0 Å². The van der Waals surface area contributed by atoms with E-state index in [0.29, 0.717) is 12.8 Å². The van der Waals surface area contributed by atoms with Crippen molar-refractivity contribution in [2.75, 3.05) is 26.4 Å². The molecule has 2 fully saturated rings. The lowest BCUT2D eigenvalue weighted by Gasteiger charge is -2.42. The zero-order valence-corrected chi connectivity index (χ0v) is 51.6. The van der Waals surface area contributed by atoms with Crippen LogP contribution in [0.2, 0.25) is 0 Å². The van der Waals surface area contributed by atoms with Gasteiger partial charge in [0.15, 0.2) is 18.7 Å². The number of unbranched alkanes of at least 4 members (excludes halogenated alkanes) is 40. The van der Waals surface area contributed by atoms with Crippen molar-refractivity contribution in [1.82, 2.24) is 0 Å². The molecule has 2 saturated heterocycles. The normalized spacial score (nSPS) is 23.6. The molecule has 7 N–H and O–H groups in total. The molecule has 2 aliphatic heterocycles. The molecular weight excluding hydrogens is 1030 g/mol. The molecule has 2 heterocycles. The smallest absolute Gasteiger partial charge is 0.306 e. The molecule has 11 unspecified atom stereocenters. The predicted molar refractivity (Wildman–Crippen MR) is 321 cm³/mol. The average Bonchev–Trinajstić information content (AvgIpc) is 3.47. The molecular formula is C66H124O15. The summed E-state index contributed by atoms with van der Waals surface area (Å²) < 4.78 is 33.8. The van der Waals surface area contributed by atoms with Crippen molar-refractivity contribution in [3.63, 3.8) is 0 Å². The van der Waals surface area contributed by atoms with Crippen LogP contribution < -0.4 is 0 Å². The Morgan fingerprint density at radius 3 is 1.09 bits per heavy atom. The molecule has 478 valence electrons. The summed E-state index contributed by atoms with van der Waals surface area (Å²) >= 11 is 0. The van der Waals surface area contributed by atoms with Gasteiger partial charge in [0.2, 0.25) is 0 Å². The van der Waals surface area contributed by atoms with Gasteiger partial charge in [-0.3, -0.25) is 9.59 Å². The molecule has 0 radical (unpaired) electrons. The SMILES string of the molecule is CCCCCCCCCC/C=C\CCCCCCCCCCCC(=O)OC(COC(=O)CCCCCCCCCCCCCCCCCCCCCCCCCC)COC1OC(COC2OC(CO)C(O)C(O)C2O)C(O)C(O)C1O. The van der Waals surface area contributed by atoms with Crippen molar-refractivity contribution < 1.29 is 73.8 Å². The van der Waals surface area contributed by atoms with E-state index >= 15 is 0 Å². The topological polar surface area (TPSA) is 231 Å². The highest BCUT2D eigenvalue weighted by Crippen LogP contribution is 2.27. The van der Waals surface area contributed by atoms with E-state index in [2.05, 4.69) is 26.0 Å². The maximum Gasteiger partial charge on any atom is 0.306 e. The monoisotopic (exact) mass is 1160 g/mol. The van der Waals surface area contributed by atoms with Crippen LogP contribution in [0.5, 0.6) is 0 Å². The van der Waals surface area contributed by atoms with Crippen LogP contribution in [0.4, 0.5) is 0 Å². The number of carbonyl (C=O) groups excluding carboxylic acids is 2. The number of rotatable bonds is 56. The second-order valence-electron chi connectivity index (χ2n) is 24.0. The van der Waals surface area contributed by atoms with Crippen molar-refractivity contribution in [1.29, 1.82) is 0 Å². The van der Waals surface area contributed by atoms with Crippen LogP contribution >= 0.6 is 0 Å². The van der Waals surface area contributed by atoms with Gasteiger partial charge in [-0.15, -0.1) is 0 Å². The molecule has 81 heavy (non-hydrogen) atoms. The second-order valence-corrected chi connectivity index (χ2v) is 24.0. The minimum Gasteiger partial charge on any atom is -0.462 e. The summed E-state index contributed by atoms with van der Waals surface area (Å²) in [6.07, 6.45) is 42.4. The second kappa shape index (κ2) is 52.6. The zero-order valence-electron chi connectivity index (χ0n) is 51.6. The van der Waals surface area contributed by atoms with E-state index in [-0.39, 0.29) is 26.1 Å². The van der Waals surface area contributed by atoms with E-state index in [9.17, 15) is 45.3 Å². The molecule has 0 amide bonds. The summed E-state index contributed by atoms with van der Waals surface area (Å²) in [5, 5.41) is 72.5. The number of allylic oxidation sites excluding steroid dienone is 2. The van der Waals surface area contributed by atoms with Gasteiger partial charge in [-0.05, 0) is 38.5 Å². The van der Waals surface area contributed by atoms with Gasteiger partial charge in [0, 0.05) is 12.8 Å². The molecule has 0 aromatic carbocycles. The Kier molecular flexibility index (Phi) is 48.9. The Labute approximate surface area is 492 Å². The highest BCUT2D eigenvalue weighted by atomic mass is 16.7. The molecule has 0 saturated carbocycles. The lowest BCUT2D eigenvalue weighted by molar-refractivity contribution is -0.332. The first-order valence-corrected chi connectivity index (χ1v) is 33.8. The molecule has 0 bridgehead atoms. The van der Waals surface area contributed by atoms with Gasteiger partial charge in [0.25, 0.3) is 0 Å². The Morgan fingerprint density at radius 2 is 0.704 bits per heavy atom. The summed E-state index contributed by atoms with van der Waals surface area (Å²) in [6, 6.07) is 0. The van der Waals surface area contributed by atoms with Gasteiger partial charge in [0.1, 0.15) is 55.4 Å². The van der Waals surface area contributed by atoms with Crippen LogP contribution in [0.25, 0.3) is 0 Å². The van der Waals surface area contributed by atoms with Gasteiger partial charge in [-0.25, -0.2) is 0 Å². The first-order chi connectivity index (χ1) is 39.5. The minimum absolute atomic E-state index is 0.168. The van der Waals surface area contributed by atoms with Crippen LogP contribution in [0.3, 0.4) is 0 Å². The Balaban J connectivity index is 1.68. The Bertz CT molecular complexity index is 1450. The Hall–Kier alpha value is -1.76. The van der Waals surface area contributed by atoms with E-state index < -0.39 is 92.7 Å². The van der Waals surface area contributed by atoms with Crippen molar-refractivity contribution in [2.45, 2.75) is 370 Å². The number of esters is 2. The first-order valence-electron chi connectivity index (χ1n) is 33.8. The maximum absolute atomic E-state index is 13.1. The van der Waals surface area contributed by atoms with Crippen molar-refractivity contribution in [3.8, 4) is 0 Å². The van der Waals surface area contributed by atoms with Gasteiger partial charge < -0.3 is 64.2 Å². The van der Waals surface area contributed by atoms with E-state index in [1.54, 1.807) is 0 Å². The first kappa shape index (κ1) is 75.3.